The molecule has 0 aliphatic heterocycles. The minimum absolute atomic E-state index is 0.150. The quantitative estimate of drug-likeness (QED) is 0.880. The highest BCUT2D eigenvalue weighted by atomic mass is 79.9. The third kappa shape index (κ3) is 4.92. The van der Waals surface area contributed by atoms with Gasteiger partial charge in [-0.3, -0.25) is 9.59 Å². The second-order valence-corrected chi connectivity index (χ2v) is 6.56. The van der Waals surface area contributed by atoms with E-state index < -0.39 is 29.2 Å². The van der Waals surface area contributed by atoms with E-state index in [1.54, 1.807) is 0 Å². The summed E-state index contributed by atoms with van der Waals surface area (Å²) in [5, 5.41) is 11.6. The summed E-state index contributed by atoms with van der Waals surface area (Å²) in [6.45, 7) is 5.51. The van der Waals surface area contributed by atoms with Crippen LogP contribution in [0.15, 0.2) is 22.7 Å². The van der Waals surface area contributed by atoms with E-state index >= 15 is 0 Å². The molecule has 2 N–H and O–H groups in total. The van der Waals surface area contributed by atoms with E-state index in [4.69, 9.17) is 5.11 Å². The average molecular weight is 346 g/mol. The van der Waals surface area contributed by atoms with Crippen molar-refractivity contribution in [2.24, 2.45) is 5.41 Å². The number of hydrogen-bond donors (Lipinski definition) is 2. The summed E-state index contributed by atoms with van der Waals surface area (Å²) in [6, 6.07) is 3.30. The number of carbonyl (C=O) groups excluding carboxylic acids is 1. The molecule has 1 amide bonds. The van der Waals surface area contributed by atoms with Crippen LogP contribution >= 0.6 is 15.9 Å². The number of carbonyl (C=O) groups is 2. The lowest BCUT2D eigenvalue weighted by atomic mass is 9.84. The van der Waals surface area contributed by atoms with Crippen molar-refractivity contribution in [3.63, 3.8) is 0 Å². The van der Waals surface area contributed by atoms with Crippen LogP contribution < -0.4 is 5.32 Å². The highest BCUT2D eigenvalue weighted by molar-refractivity contribution is 9.10. The van der Waals surface area contributed by atoms with Crippen LogP contribution in [0.1, 0.15) is 37.6 Å². The summed E-state index contributed by atoms with van der Waals surface area (Å²) in [4.78, 5) is 23.0. The third-order valence-electron chi connectivity index (χ3n) is 2.85. The number of halogens is 2. The Labute approximate surface area is 125 Å². The van der Waals surface area contributed by atoms with Crippen LogP contribution in [-0.2, 0) is 4.79 Å². The normalized spacial score (nSPS) is 12.8. The van der Waals surface area contributed by atoms with Gasteiger partial charge in [-0.05, 0) is 23.6 Å². The second-order valence-electron chi connectivity index (χ2n) is 5.65. The molecule has 0 fully saturated rings. The Balaban J connectivity index is 2.93. The molecule has 4 nitrogen and oxygen atoms in total. The molecular formula is C14H17BrFNO3. The number of nitrogens with one attached hydrogen (secondary N) is 1. The summed E-state index contributed by atoms with van der Waals surface area (Å²) in [5.41, 5.74) is -0.268. The van der Waals surface area contributed by atoms with Gasteiger partial charge in [0.1, 0.15) is 5.82 Å². The van der Waals surface area contributed by atoms with Gasteiger partial charge < -0.3 is 10.4 Å². The number of rotatable bonds is 4. The molecule has 0 radical (unpaired) electrons. The molecule has 0 aliphatic rings. The van der Waals surface area contributed by atoms with Crippen molar-refractivity contribution in [3.8, 4) is 0 Å². The van der Waals surface area contributed by atoms with Gasteiger partial charge >= 0.3 is 5.97 Å². The molecule has 0 aliphatic carbocycles. The first-order valence-electron chi connectivity index (χ1n) is 6.08. The van der Waals surface area contributed by atoms with Crippen LogP contribution in [-0.4, -0.2) is 23.0 Å². The predicted molar refractivity (Wildman–Crippen MR) is 77.1 cm³/mol. The Bertz CT molecular complexity index is 505. The summed E-state index contributed by atoms with van der Waals surface area (Å²) < 4.78 is 13.7. The van der Waals surface area contributed by atoms with Gasteiger partial charge in [0, 0.05) is 16.1 Å². The Morgan fingerprint density at radius 2 is 1.95 bits per heavy atom. The van der Waals surface area contributed by atoms with Crippen molar-refractivity contribution in [2.75, 3.05) is 0 Å². The number of amides is 1. The molecular weight excluding hydrogens is 329 g/mol. The van der Waals surface area contributed by atoms with Crippen molar-refractivity contribution in [2.45, 2.75) is 33.2 Å². The first-order valence-corrected chi connectivity index (χ1v) is 6.87. The van der Waals surface area contributed by atoms with E-state index in [2.05, 4.69) is 21.2 Å². The molecule has 20 heavy (non-hydrogen) atoms. The standard InChI is InChI=1S/C14H17BrFNO3/c1-14(2,3)11(7-12(18)19)17-13(20)8-4-9(15)6-10(16)5-8/h4-6,11H,7H2,1-3H3,(H,17,20)(H,18,19). The molecule has 1 unspecified atom stereocenters. The first kappa shape index (κ1) is 16.6. The van der Waals surface area contributed by atoms with Crippen molar-refractivity contribution in [1.82, 2.24) is 5.32 Å². The summed E-state index contributed by atoms with van der Waals surface area (Å²) in [7, 11) is 0. The number of aliphatic carboxylic acids is 1. The van der Waals surface area contributed by atoms with Gasteiger partial charge in [-0.15, -0.1) is 0 Å². The molecule has 1 atom stereocenters. The van der Waals surface area contributed by atoms with E-state index in [9.17, 15) is 14.0 Å². The van der Waals surface area contributed by atoms with E-state index in [1.165, 1.54) is 12.1 Å². The van der Waals surface area contributed by atoms with Crippen molar-refractivity contribution < 1.29 is 19.1 Å². The van der Waals surface area contributed by atoms with Gasteiger partial charge in [-0.1, -0.05) is 36.7 Å². The fraction of sp³-hybridized carbons (Fsp3) is 0.429. The predicted octanol–water partition coefficient (Wildman–Crippen LogP) is 3.21. The monoisotopic (exact) mass is 345 g/mol. The average Bonchev–Trinajstić information content (AvgIpc) is 2.24. The van der Waals surface area contributed by atoms with E-state index in [-0.39, 0.29) is 12.0 Å². The second kappa shape index (κ2) is 6.35. The van der Waals surface area contributed by atoms with Crippen LogP contribution in [0.5, 0.6) is 0 Å². The highest BCUT2D eigenvalue weighted by Gasteiger charge is 2.28. The molecule has 0 saturated carbocycles. The number of carboxylic acids is 1. The minimum Gasteiger partial charge on any atom is -0.481 e. The van der Waals surface area contributed by atoms with Gasteiger partial charge in [-0.25, -0.2) is 4.39 Å². The molecule has 1 aromatic rings. The molecule has 6 heteroatoms. The zero-order valence-electron chi connectivity index (χ0n) is 11.5. The van der Waals surface area contributed by atoms with Gasteiger partial charge in [-0.2, -0.15) is 0 Å². The molecule has 1 rings (SSSR count). The topological polar surface area (TPSA) is 66.4 Å². The van der Waals surface area contributed by atoms with Crippen molar-refractivity contribution in [1.29, 1.82) is 0 Å². The fourth-order valence-corrected chi connectivity index (χ4v) is 2.14. The van der Waals surface area contributed by atoms with Crippen LogP contribution in [0.3, 0.4) is 0 Å². The number of benzene rings is 1. The maximum atomic E-state index is 13.3. The van der Waals surface area contributed by atoms with E-state index in [1.807, 2.05) is 20.8 Å². The largest absolute Gasteiger partial charge is 0.481 e. The first-order chi connectivity index (χ1) is 9.09. The number of hydrogen-bond acceptors (Lipinski definition) is 2. The number of carboxylic acid groups (broad SMARTS) is 1. The zero-order valence-corrected chi connectivity index (χ0v) is 13.1. The zero-order chi connectivity index (χ0) is 15.5. The molecule has 110 valence electrons. The van der Waals surface area contributed by atoms with Crippen molar-refractivity contribution >= 4 is 27.8 Å². The summed E-state index contributed by atoms with van der Waals surface area (Å²) in [5.74, 6) is -2.02. The lowest BCUT2D eigenvalue weighted by Crippen LogP contribution is -2.45. The molecule has 0 saturated heterocycles. The van der Waals surface area contributed by atoms with Gasteiger partial charge in [0.2, 0.25) is 0 Å². The Kier molecular flexibility index (Phi) is 5.28. The van der Waals surface area contributed by atoms with Crippen molar-refractivity contribution in [3.05, 3.63) is 34.1 Å². The third-order valence-corrected chi connectivity index (χ3v) is 3.31. The van der Waals surface area contributed by atoms with Crippen LogP contribution in [0.25, 0.3) is 0 Å². The Hall–Kier alpha value is -1.43. The Morgan fingerprint density at radius 3 is 2.40 bits per heavy atom. The van der Waals surface area contributed by atoms with Crippen LogP contribution in [0.2, 0.25) is 0 Å². The molecule has 1 aromatic carbocycles. The van der Waals surface area contributed by atoms with Crippen LogP contribution in [0.4, 0.5) is 4.39 Å². The smallest absolute Gasteiger partial charge is 0.305 e. The molecule has 0 spiro atoms. The summed E-state index contributed by atoms with van der Waals surface area (Å²) >= 11 is 3.11. The molecule has 0 heterocycles. The van der Waals surface area contributed by atoms with Crippen LogP contribution in [0, 0.1) is 11.2 Å². The fourth-order valence-electron chi connectivity index (χ4n) is 1.67. The maximum absolute atomic E-state index is 13.3. The summed E-state index contributed by atoms with van der Waals surface area (Å²) in [6.07, 6.45) is -0.189. The van der Waals surface area contributed by atoms with Gasteiger partial charge in [0.25, 0.3) is 5.91 Å². The lowest BCUT2D eigenvalue weighted by molar-refractivity contribution is -0.138. The molecule has 0 aromatic heterocycles. The van der Waals surface area contributed by atoms with Gasteiger partial charge in [0.15, 0.2) is 0 Å². The Morgan fingerprint density at radius 1 is 1.35 bits per heavy atom. The lowest BCUT2D eigenvalue weighted by Gasteiger charge is -2.30. The highest BCUT2D eigenvalue weighted by Crippen LogP contribution is 2.23. The van der Waals surface area contributed by atoms with E-state index in [0.29, 0.717) is 4.47 Å². The molecule has 0 bridgehead atoms. The SMILES string of the molecule is CC(C)(C)C(CC(=O)O)NC(=O)c1cc(F)cc(Br)c1. The van der Waals surface area contributed by atoms with Gasteiger partial charge in [0.05, 0.1) is 6.42 Å². The van der Waals surface area contributed by atoms with E-state index in [0.717, 1.165) is 6.07 Å². The maximum Gasteiger partial charge on any atom is 0.305 e. The minimum atomic E-state index is -0.995.